The number of aryl methyl sites for hydroxylation is 3. The second kappa shape index (κ2) is 4.80. The summed E-state index contributed by atoms with van der Waals surface area (Å²) in [7, 11) is 1.88. The van der Waals surface area contributed by atoms with E-state index in [0.29, 0.717) is 17.9 Å². The summed E-state index contributed by atoms with van der Waals surface area (Å²) in [5, 5.41) is 8.62. The van der Waals surface area contributed by atoms with Crippen LogP contribution in [0, 0.1) is 25.7 Å². The molecule has 0 saturated heterocycles. The minimum atomic E-state index is 0.0374. The minimum absolute atomic E-state index is 0.0374. The van der Waals surface area contributed by atoms with Gasteiger partial charge in [0.05, 0.1) is 16.6 Å². The Morgan fingerprint density at radius 3 is 2.50 bits per heavy atom. The van der Waals surface area contributed by atoms with Gasteiger partial charge in [-0.15, -0.1) is 0 Å². The third-order valence-electron chi connectivity index (χ3n) is 4.90. The maximum Gasteiger partial charge on any atom is 0.252 e. The molecular weight excluding hydrogens is 276 g/mol. The maximum absolute atomic E-state index is 12.9. The lowest BCUT2D eigenvalue weighted by Crippen LogP contribution is -2.38. The Morgan fingerprint density at radius 2 is 1.91 bits per heavy atom. The van der Waals surface area contributed by atoms with Crippen LogP contribution in [0.15, 0.2) is 6.07 Å². The quantitative estimate of drug-likeness (QED) is 0.943. The number of carbonyl (C=O) groups is 1. The molecule has 116 valence electrons. The second-order valence-corrected chi connectivity index (χ2v) is 6.89. The molecule has 2 aromatic rings. The molecule has 0 unspecified atom stereocenters. The van der Waals surface area contributed by atoms with Crippen molar-refractivity contribution in [1.29, 1.82) is 0 Å². The minimum Gasteiger partial charge on any atom is -0.349 e. The van der Waals surface area contributed by atoms with Crippen LogP contribution in [0.25, 0.3) is 11.0 Å². The van der Waals surface area contributed by atoms with Crippen LogP contribution in [0.1, 0.15) is 47.4 Å². The van der Waals surface area contributed by atoms with Crippen molar-refractivity contribution in [2.24, 2.45) is 18.9 Å². The van der Waals surface area contributed by atoms with Gasteiger partial charge in [-0.25, -0.2) is 4.98 Å². The molecule has 2 fully saturated rings. The second-order valence-electron chi connectivity index (χ2n) is 6.89. The SMILES string of the molecule is Cc1cc(C(=O)NC(C2CC2)C2CC2)c2c(C)nn(C)c2n1. The molecule has 2 aliphatic rings. The molecule has 0 aromatic carbocycles. The van der Waals surface area contributed by atoms with Gasteiger partial charge in [0, 0.05) is 18.8 Å². The summed E-state index contributed by atoms with van der Waals surface area (Å²) >= 11 is 0. The topological polar surface area (TPSA) is 59.8 Å². The number of amides is 1. The molecule has 0 spiro atoms. The first kappa shape index (κ1) is 13.7. The number of carbonyl (C=O) groups excluding carboxylic acids is 1. The van der Waals surface area contributed by atoms with Crippen LogP contribution in [0.4, 0.5) is 0 Å². The Bertz CT molecular complexity index is 744. The lowest BCUT2D eigenvalue weighted by molar-refractivity contribution is 0.0928. The predicted octanol–water partition coefficient (Wildman–Crippen LogP) is 2.50. The number of hydrogen-bond donors (Lipinski definition) is 1. The molecule has 0 radical (unpaired) electrons. The average Bonchev–Trinajstić information content (AvgIpc) is 3.36. The summed E-state index contributed by atoms with van der Waals surface area (Å²) in [6, 6.07) is 2.26. The van der Waals surface area contributed by atoms with Crippen molar-refractivity contribution < 1.29 is 4.79 Å². The van der Waals surface area contributed by atoms with E-state index in [1.807, 2.05) is 27.0 Å². The first-order valence-electron chi connectivity index (χ1n) is 8.16. The molecule has 2 heterocycles. The van der Waals surface area contributed by atoms with Gasteiger partial charge in [-0.3, -0.25) is 9.48 Å². The van der Waals surface area contributed by atoms with Gasteiger partial charge in [-0.1, -0.05) is 0 Å². The molecule has 0 atom stereocenters. The summed E-state index contributed by atoms with van der Waals surface area (Å²) in [6.07, 6.45) is 5.05. The Morgan fingerprint density at radius 1 is 1.27 bits per heavy atom. The molecule has 5 heteroatoms. The van der Waals surface area contributed by atoms with Crippen LogP contribution < -0.4 is 5.32 Å². The van der Waals surface area contributed by atoms with Crippen molar-refractivity contribution in [3.63, 3.8) is 0 Å². The van der Waals surface area contributed by atoms with Crippen molar-refractivity contribution in [2.45, 2.75) is 45.6 Å². The predicted molar refractivity (Wildman–Crippen MR) is 84.7 cm³/mol. The summed E-state index contributed by atoms with van der Waals surface area (Å²) in [5.41, 5.74) is 3.23. The van der Waals surface area contributed by atoms with Crippen LogP contribution in [0.3, 0.4) is 0 Å². The Labute approximate surface area is 130 Å². The van der Waals surface area contributed by atoms with E-state index >= 15 is 0 Å². The highest BCUT2D eigenvalue weighted by molar-refractivity contribution is 6.06. The molecule has 22 heavy (non-hydrogen) atoms. The number of nitrogens with zero attached hydrogens (tertiary/aromatic N) is 3. The van der Waals surface area contributed by atoms with Crippen molar-refractivity contribution in [2.75, 3.05) is 0 Å². The molecule has 0 aliphatic heterocycles. The smallest absolute Gasteiger partial charge is 0.252 e. The zero-order valence-corrected chi connectivity index (χ0v) is 13.4. The summed E-state index contributed by atoms with van der Waals surface area (Å²) in [5.74, 6) is 1.44. The van der Waals surface area contributed by atoms with Crippen LogP contribution in [-0.4, -0.2) is 26.7 Å². The van der Waals surface area contributed by atoms with Crippen molar-refractivity contribution in [1.82, 2.24) is 20.1 Å². The lowest BCUT2D eigenvalue weighted by Gasteiger charge is -2.18. The van der Waals surface area contributed by atoms with Crippen molar-refractivity contribution >= 4 is 16.9 Å². The molecule has 1 N–H and O–H groups in total. The van der Waals surface area contributed by atoms with Crippen molar-refractivity contribution in [3.05, 3.63) is 23.0 Å². The van der Waals surface area contributed by atoms with E-state index in [1.165, 1.54) is 25.7 Å². The number of aromatic nitrogens is 3. The Hall–Kier alpha value is -1.91. The largest absolute Gasteiger partial charge is 0.349 e. The van der Waals surface area contributed by atoms with E-state index in [0.717, 1.165) is 28.0 Å². The fraction of sp³-hybridized carbons (Fsp3) is 0.588. The zero-order chi connectivity index (χ0) is 15.4. The van der Waals surface area contributed by atoms with Gasteiger partial charge in [0.15, 0.2) is 5.65 Å². The van der Waals surface area contributed by atoms with E-state index in [4.69, 9.17) is 0 Å². The normalized spacial score (nSPS) is 18.2. The number of nitrogens with one attached hydrogen (secondary N) is 1. The molecular formula is C17H22N4O. The molecule has 2 aromatic heterocycles. The zero-order valence-electron chi connectivity index (χ0n) is 13.4. The van der Waals surface area contributed by atoms with E-state index in [1.54, 1.807) is 4.68 Å². The van der Waals surface area contributed by atoms with Crippen LogP contribution in [0.5, 0.6) is 0 Å². The number of hydrogen-bond acceptors (Lipinski definition) is 3. The average molecular weight is 298 g/mol. The number of rotatable bonds is 4. The highest BCUT2D eigenvalue weighted by Gasteiger charge is 2.42. The molecule has 5 nitrogen and oxygen atoms in total. The van der Waals surface area contributed by atoms with E-state index < -0.39 is 0 Å². The molecule has 2 saturated carbocycles. The van der Waals surface area contributed by atoms with Gasteiger partial charge in [-0.2, -0.15) is 5.10 Å². The summed E-state index contributed by atoms with van der Waals surface area (Å²) in [6.45, 7) is 3.87. The highest BCUT2D eigenvalue weighted by atomic mass is 16.1. The van der Waals surface area contributed by atoms with Gasteiger partial charge in [0.2, 0.25) is 0 Å². The van der Waals surface area contributed by atoms with Gasteiger partial charge >= 0.3 is 0 Å². The van der Waals surface area contributed by atoms with Gasteiger partial charge in [0.25, 0.3) is 5.91 Å². The van der Waals surface area contributed by atoms with E-state index in [9.17, 15) is 4.79 Å². The van der Waals surface area contributed by atoms with Gasteiger partial charge < -0.3 is 5.32 Å². The summed E-state index contributed by atoms with van der Waals surface area (Å²) in [4.78, 5) is 17.4. The third-order valence-corrected chi connectivity index (χ3v) is 4.90. The van der Waals surface area contributed by atoms with Gasteiger partial charge in [-0.05, 0) is 57.4 Å². The monoisotopic (exact) mass is 298 g/mol. The van der Waals surface area contributed by atoms with Crippen LogP contribution in [-0.2, 0) is 7.05 Å². The van der Waals surface area contributed by atoms with Gasteiger partial charge in [0.1, 0.15) is 0 Å². The van der Waals surface area contributed by atoms with E-state index in [-0.39, 0.29) is 5.91 Å². The molecule has 4 rings (SSSR count). The third kappa shape index (κ3) is 2.28. The highest BCUT2D eigenvalue weighted by Crippen LogP contribution is 2.44. The number of fused-ring (bicyclic) bond motifs is 1. The first-order valence-corrected chi connectivity index (χ1v) is 8.16. The van der Waals surface area contributed by atoms with Crippen LogP contribution in [0.2, 0.25) is 0 Å². The van der Waals surface area contributed by atoms with E-state index in [2.05, 4.69) is 15.4 Å². The maximum atomic E-state index is 12.9. The Balaban J connectivity index is 1.71. The molecule has 1 amide bonds. The lowest BCUT2D eigenvalue weighted by atomic mass is 10.0. The fourth-order valence-corrected chi connectivity index (χ4v) is 3.51. The number of pyridine rings is 1. The summed E-state index contributed by atoms with van der Waals surface area (Å²) < 4.78 is 1.76. The first-order chi connectivity index (χ1) is 10.5. The van der Waals surface area contributed by atoms with Crippen LogP contribution >= 0.6 is 0 Å². The molecule has 2 aliphatic carbocycles. The van der Waals surface area contributed by atoms with Crippen molar-refractivity contribution in [3.8, 4) is 0 Å². The molecule has 0 bridgehead atoms. The fourth-order valence-electron chi connectivity index (χ4n) is 3.51. The Kier molecular flexibility index (Phi) is 2.99. The standard InChI is InChI=1S/C17H22N4O/c1-9-8-13(14-10(2)20-21(3)16(14)18-9)17(22)19-15(11-4-5-11)12-6-7-12/h8,11-12,15H,4-7H2,1-3H3,(H,19,22).